The molecule has 0 spiro atoms. The van der Waals surface area contributed by atoms with Gasteiger partial charge in [0.2, 0.25) is 0 Å². The van der Waals surface area contributed by atoms with Crippen LogP contribution >= 0.6 is 0 Å². The molecule has 0 amide bonds. The number of hydrogen-bond acceptors (Lipinski definition) is 3. The van der Waals surface area contributed by atoms with Crippen LogP contribution in [0.15, 0.2) is 0 Å². The maximum atomic E-state index is 3.65. The van der Waals surface area contributed by atoms with Gasteiger partial charge in [0.1, 0.15) is 0 Å². The van der Waals surface area contributed by atoms with Gasteiger partial charge in [0.25, 0.3) is 0 Å². The van der Waals surface area contributed by atoms with Crippen LogP contribution in [0.1, 0.15) is 52.4 Å². The van der Waals surface area contributed by atoms with Crippen molar-refractivity contribution >= 4 is 0 Å². The van der Waals surface area contributed by atoms with Gasteiger partial charge in [0, 0.05) is 18.6 Å². The van der Waals surface area contributed by atoms with E-state index >= 15 is 0 Å². The molecule has 0 aromatic carbocycles. The lowest BCUT2D eigenvalue weighted by Gasteiger charge is -2.39. The molecule has 3 heteroatoms. The third kappa shape index (κ3) is 3.94. The normalized spacial score (nSPS) is 32.1. The molecule has 100 valence electrons. The lowest BCUT2D eigenvalue weighted by atomic mass is 10.00. The molecule has 1 N–H and O–H groups in total. The van der Waals surface area contributed by atoms with Crippen LogP contribution < -0.4 is 5.43 Å². The van der Waals surface area contributed by atoms with E-state index in [1.807, 2.05) is 0 Å². The molecule has 0 saturated carbocycles. The summed E-state index contributed by atoms with van der Waals surface area (Å²) < 4.78 is 0. The van der Waals surface area contributed by atoms with Crippen LogP contribution in [-0.4, -0.2) is 48.2 Å². The summed E-state index contributed by atoms with van der Waals surface area (Å²) in [7, 11) is 0. The highest BCUT2D eigenvalue weighted by molar-refractivity contribution is 4.76. The van der Waals surface area contributed by atoms with Crippen LogP contribution in [0, 0.1) is 0 Å². The fourth-order valence-electron chi connectivity index (χ4n) is 3.25. The highest BCUT2D eigenvalue weighted by Gasteiger charge is 2.23. The molecule has 17 heavy (non-hydrogen) atoms. The first-order valence-electron chi connectivity index (χ1n) is 7.51. The van der Waals surface area contributed by atoms with E-state index in [-0.39, 0.29) is 0 Å². The van der Waals surface area contributed by atoms with Crippen LogP contribution in [0.2, 0.25) is 0 Å². The highest BCUT2D eigenvalue weighted by atomic mass is 15.5. The average molecular weight is 239 g/mol. The fourth-order valence-corrected chi connectivity index (χ4v) is 3.25. The molecular formula is C14H29N3. The van der Waals surface area contributed by atoms with Crippen molar-refractivity contribution in [3.8, 4) is 0 Å². The predicted molar refractivity (Wildman–Crippen MR) is 72.9 cm³/mol. The second-order valence-corrected chi connectivity index (χ2v) is 5.85. The maximum absolute atomic E-state index is 3.65. The van der Waals surface area contributed by atoms with E-state index in [2.05, 4.69) is 29.2 Å². The summed E-state index contributed by atoms with van der Waals surface area (Å²) in [5.74, 6) is 0. The van der Waals surface area contributed by atoms with Crippen molar-refractivity contribution in [1.82, 2.24) is 15.3 Å². The van der Waals surface area contributed by atoms with Gasteiger partial charge in [0.15, 0.2) is 0 Å². The van der Waals surface area contributed by atoms with Gasteiger partial charge in [0.05, 0.1) is 0 Å². The van der Waals surface area contributed by atoms with Crippen LogP contribution in [0.25, 0.3) is 0 Å². The number of rotatable bonds is 5. The number of piperidine rings is 1. The van der Waals surface area contributed by atoms with Gasteiger partial charge in [-0.25, -0.2) is 5.01 Å². The molecule has 2 unspecified atom stereocenters. The van der Waals surface area contributed by atoms with Gasteiger partial charge in [-0.2, -0.15) is 0 Å². The SMILES string of the molecule is CC1CCCC(C)N1NCCCN1CCCC1. The van der Waals surface area contributed by atoms with E-state index in [1.54, 1.807) is 0 Å². The van der Waals surface area contributed by atoms with Crippen molar-refractivity contribution in [1.29, 1.82) is 0 Å². The smallest absolute Gasteiger partial charge is 0.0218 e. The van der Waals surface area contributed by atoms with E-state index in [4.69, 9.17) is 0 Å². The van der Waals surface area contributed by atoms with E-state index in [1.165, 1.54) is 58.2 Å². The molecule has 3 nitrogen and oxygen atoms in total. The Labute approximate surface area is 107 Å². The molecule has 0 radical (unpaired) electrons. The zero-order chi connectivity index (χ0) is 12.1. The van der Waals surface area contributed by atoms with Gasteiger partial charge < -0.3 is 4.90 Å². The summed E-state index contributed by atoms with van der Waals surface area (Å²) in [4.78, 5) is 2.60. The molecule has 0 aromatic heterocycles. The van der Waals surface area contributed by atoms with Crippen molar-refractivity contribution in [2.45, 2.75) is 64.5 Å². The van der Waals surface area contributed by atoms with Crippen LogP contribution in [0.5, 0.6) is 0 Å². The Balaban J connectivity index is 1.59. The lowest BCUT2D eigenvalue weighted by molar-refractivity contribution is 0.0453. The summed E-state index contributed by atoms with van der Waals surface area (Å²) in [5, 5.41) is 2.49. The Morgan fingerprint density at radius 1 is 1.00 bits per heavy atom. The summed E-state index contributed by atoms with van der Waals surface area (Å²) in [6.07, 6.45) is 8.21. The van der Waals surface area contributed by atoms with Gasteiger partial charge in [-0.05, 0) is 65.6 Å². The van der Waals surface area contributed by atoms with Crippen LogP contribution in [-0.2, 0) is 0 Å². The minimum atomic E-state index is 0.713. The third-order valence-corrected chi connectivity index (χ3v) is 4.34. The molecule has 2 atom stereocenters. The van der Waals surface area contributed by atoms with E-state index in [0.29, 0.717) is 12.1 Å². The van der Waals surface area contributed by atoms with E-state index < -0.39 is 0 Å². The number of nitrogens with zero attached hydrogens (tertiary/aromatic N) is 2. The molecule has 2 saturated heterocycles. The first-order valence-corrected chi connectivity index (χ1v) is 7.51. The Hall–Kier alpha value is -0.120. The first kappa shape index (κ1) is 13.3. The van der Waals surface area contributed by atoms with Crippen molar-refractivity contribution < 1.29 is 0 Å². The van der Waals surface area contributed by atoms with Gasteiger partial charge in [-0.1, -0.05) is 6.42 Å². The minimum Gasteiger partial charge on any atom is -0.303 e. The number of hydrogen-bond donors (Lipinski definition) is 1. The van der Waals surface area contributed by atoms with Crippen LogP contribution in [0.3, 0.4) is 0 Å². The average Bonchev–Trinajstić information content (AvgIpc) is 2.80. The molecule has 0 aromatic rings. The van der Waals surface area contributed by atoms with Gasteiger partial charge >= 0.3 is 0 Å². The fraction of sp³-hybridized carbons (Fsp3) is 1.00. The summed E-state index contributed by atoms with van der Waals surface area (Å²) in [6, 6.07) is 1.43. The summed E-state index contributed by atoms with van der Waals surface area (Å²) in [6.45, 7) is 9.79. The largest absolute Gasteiger partial charge is 0.303 e. The molecule has 2 aliphatic heterocycles. The lowest BCUT2D eigenvalue weighted by Crippen LogP contribution is -2.52. The quantitative estimate of drug-likeness (QED) is 0.742. The predicted octanol–water partition coefficient (Wildman–Crippen LogP) is 2.24. The van der Waals surface area contributed by atoms with Gasteiger partial charge in [-0.15, -0.1) is 0 Å². The standard InChI is InChI=1S/C14H29N3/c1-13-7-5-8-14(2)17(13)15-9-6-12-16-10-3-4-11-16/h13-15H,3-12H2,1-2H3. The maximum Gasteiger partial charge on any atom is 0.0218 e. The van der Waals surface area contributed by atoms with Crippen molar-refractivity contribution in [2.75, 3.05) is 26.2 Å². The van der Waals surface area contributed by atoms with Crippen molar-refractivity contribution in [2.24, 2.45) is 0 Å². The van der Waals surface area contributed by atoms with Crippen LogP contribution in [0.4, 0.5) is 0 Å². The topological polar surface area (TPSA) is 18.5 Å². The zero-order valence-electron chi connectivity index (χ0n) is 11.6. The molecular weight excluding hydrogens is 210 g/mol. The molecule has 0 bridgehead atoms. The Morgan fingerprint density at radius 3 is 2.29 bits per heavy atom. The molecule has 0 aliphatic carbocycles. The molecule has 2 rings (SSSR count). The number of likely N-dealkylation sites (tertiary alicyclic amines) is 1. The van der Waals surface area contributed by atoms with Crippen molar-refractivity contribution in [3.05, 3.63) is 0 Å². The second kappa shape index (κ2) is 6.72. The monoisotopic (exact) mass is 239 g/mol. The molecule has 2 fully saturated rings. The number of hydrazine groups is 1. The first-order chi connectivity index (χ1) is 8.27. The summed E-state index contributed by atoms with van der Waals surface area (Å²) >= 11 is 0. The third-order valence-electron chi connectivity index (χ3n) is 4.34. The Morgan fingerprint density at radius 2 is 1.65 bits per heavy atom. The van der Waals surface area contributed by atoms with Gasteiger partial charge in [-0.3, -0.25) is 5.43 Å². The Kier molecular flexibility index (Phi) is 5.26. The zero-order valence-corrected chi connectivity index (χ0v) is 11.6. The molecule has 2 aliphatic rings. The van der Waals surface area contributed by atoms with E-state index in [0.717, 1.165) is 6.54 Å². The minimum absolute atomic E-state index is 0.713. The Bertz CT molecular complexity index is 204. The number of nitrogens with one attached hydrogen (secondary N) is 1. The molecule has 2 heterocycles. The van der Waals surface area contributed by atoms with Crippen molar-refractivity contribution in [3.63, 3.8) is 0 Å². The van der Waals surface area contributed by atoms with E-state index in [9.17, 15) is 0 Å². The summed E-state index contributed by atoms with van der Waals surface area (Å²) in [5.41, 5.74) is 3.65. The highest BCUT2D eigenvalue weighted by Crippen LogP contribution is 2.20. The second-order valence-electron chi connectivity index (χ2n) is 5.85.